The van der Waals surface area contributed by atoms with Gasteiger partial charge in [0.15, 0.2) is 0 Å². The maximum atomic E-state index is 11.0. The van der Waals surface area contributed by atoms with Gasteiger partial charge in [0, 0.05) is 5.69 Å². The van der Waals surface area contributed by atoms with Crippen LogP contribution in [0.5, 0.6) is 5.75 Å². The molecule has 0 bridgehead atoms. The molecule has 3 aromatic rings. The molecule has 0 aromatic heterocycles. The first-order valence-electron chi connectivity index (χ1n) is 11.3. The number of hydrogen-bond donors (Lipinski definition) is 3. The van der Waals surface area contributed by atoms with E-state index in [0.717, 1.165) is 5.56 Å². The van der Waals surface area contributed by atoms with Gasteiger partial charge in [-0.3, -0.25) is 0 Å². The largest absolute Gasteiger partial charge is 0.508 e. The average molecular weight is 444 g/mol. The molecule has 1 aliphatic carbocycles. The van der Waals surface area contributed by atoms with Crippen LogP contribution in [-0.4, -0.2) is 16.2 Å². The number of allylic oxidation sites excluding steroid dienone is 1. The fraction of sp³-hybridized carbons (Fsp3) is 0.276. The highest BCUT2D eigenvalue weighted by molar-refractivity contribution is 5.88. The van der Waals surface area contributed by atoms with Gasteiger partial charge in [-0.25, -0.2) is 4.79 Å². The lowest BCUT2D eigenvalue weighted by atomic mass is 9.71. The Kier molecular flexibility index (Phi) is 7.27. The molecule has 0 unspecified atom stereocenters. The highest BCUT2D eigenvalue weighted by atomic mass is 16.4. The monoisotopic (exact) mass is 443 g/mol. The number of aromatic hydroxyl groups is 1. The Bertz CT molecular complexity index is 1140. The van der Waals surface area contributed by atoms with Gasteiger partial charge in [-0.15, -0.1) is 0 Å². The summed E-state index contributed by atoms with van der Waals surface area (Å²) in [6.07, 6.45) is 5.82. The molecule has 0 saturated heterocycles. The number of phenols is 1. The molecule has 0 heterocycles. The molecule has 0 aliphatic heterocycles. The minimum Gasteiger partial charge on any atom is -0.508 e. The Labute approximate surface area is 196 Å². The summed E-state index contributed by atoms with van der Waals surface area (Å²) in [5.41, 5.74) is 14.4. The van der Waals surface area contributed by atoms with Crippen LogP contribution in [0.2, 0.25) is 0 Å². The Morgan fingerprint density at radius 1 is 1.03 bits per heavy atom. The predicted octanol–water partition coefficient (Wildman–Crippen LogP) is 6.84. The van der Waals surface area contributed by atoms with Crippen molar-refractivity contribution in [1.82, 2.24) is 0 Å². The van der Waals surface area contributed by atoms with Gasteiger partial charge in [0.2, 0.25) is 0 Å². The quantitative estimate of drug-likeness (QED) is 0.235. The second-order valence-electron chi connectivity index (χ2n) is 9.41. The molecule has 33 heavy (non-hydrogen) atoms. The van der Waals surface area contributed by atoms with E-state index >= 15 is 0 Å². The van der Waals surface area contributed by atoms with Gasteiger partial charge >= 0.3 is 5.97 Å². The maximum Gasteiger partial charge on any atom is 0.335 e. The van der Waals surface area contributed by atoms with E-state index in [1.165, 1.54) is 47.1 Å². The summed E-state index contributed by atoms with van der Waals surface area (Å²) in [5, 5.41) is 17.7. The Hall–Kier alpha value is -3.53. The molecule has 4 nitrogen and oxygen atoms in total. The molecular formula is C29H33NO3. The molecule has 4 rings (SSSR count). The number of hydrogen-bond acceptors (Lipinski definition) is 3. The first kappa shape index (κ1) is 24.1. The van der Waals surface area contributed by atoms with Crippen LogP contribution in [0.4, 0.5) is 5.69 Å². The third-order valence-electron chi connectivity index (χ3n) is 6.29. The van der Waals surface area contributed by atoms with Crippen LogP contribution in [0.15, 0.2) is 60.7 Å². The van der Waals surface area contributed by atoms with Crippen LogP contribution < -0.4 is 5.73 Å². The number of aromatic carboxylic acids is 1. The van der Waals surface area contributed by atoms with Gasteiger partial charge in [-0.2, -0.15) is 0 Å². The van der Waals surface area contributed by atoms with Crippen molar-refractivity contribution in [1.29, 1.82) is 0 Å². The minimum atomic E-state index is -0.889. The van der Waals surface area contributed by atoms with E-state index in [2.05, 4.69) is 45.9 Å². The van der Waals surface area contributed by atoms with Crippen molar-refractivity contribution in [2.75, 3.05) is 5.73 Å². The normalized spacial score (nSPS) is 14.6. The SMILES string of the molecule is CC(=Cc1ccc(C(=O)O)cc1)c1cc2c(cc1C)CCCC2(C)C.Nc1ccc(O)cc1. The molecule has 0 saturated carbocycles. The molecule has 1 aliphatic rings. The summed E-state index contributed by atoms with van der Waals surface area (Å²) in [6, 6.07) is 18.2. The van der Waals surface area contributed by atoms with E-state index in [-0.39, 0.29) is 11.2 Å². The van der Waals surface area contributed by atoms with E-state index < -0.39 is 5.97 Å². The number of carboxylic acids is 1. The van der Waals surface area contributed by atoms with E-state index in [9.17, 15) is 4.79 Å². The number of anilines is 1. The molecular weight excluding hydrogens is 410 g/mol. The van der Waals surface area contributed by atoms with Crippen molar-refractivity contribution in [2.45, 2.75) is 52.4 Å². The lowest BCUT2D eigenvalue weighted by Gasteiger charge is -2.33. The predicted molar refractivity (Wildman–Crippen MR) is 137 cm³/mol. The first-order chi connectivity index (χ1) is 15.6. The van der Waals surface area contributed by atoms with E-state index in [4.69, 9.17) is 15.9 Å². The van der Waals surface area contributed by atoms with Crippen LogP contribution in [0, 0.1) is 6.92 Å². The van der Waals surface area contributed by atoms with Crippen molar-refractivity contribution in [3.05, 3.63) is 94.0 Å². The smallest absolute Gasteiger partial charge is 0.335 e. The number of carboxylic acid groups (broad SMARTS) is 1. The summed E-state index contributed by atoms with van der Waals surface area (Å²) < 4.78 is 0. The number of carbonyl (C=O) groups is 1. The summed E-state index contributed by atoms with van der Waals surface area (Å²) in [7, 11) is 0. The summed E-state index contributed by atoms with van der Waals surface area (Å²) in [6.45, 7) is 9.00. The molecule has 3 aromatic carbocycles. The summed E-state index contributed by atoms with van der Waals surface area (Å²) in [5.74, 6) is -0.640. The van der Waals surface area contributed by atoms with Crippen LogP contribution in [0.1, 0.15) is 71.8 Å². The zero-order chi connectivity index (χ0) is 24.2. The number of fused-ring (bicyclic) bond motifs is 1. The summed E-state index contributed by atoms with van der Waals surface area (Å²) in [4.78, 5) is 11.0. The maximum absolute atomic E-state index is 11.0. The number of nitrogen functional groups attached to an aromatic ring is 1. The van der Waals surface area contributed by atoms with Crippen LogP contribution in [-0.2, 0) is 11.8 Å². The van der Waals surface area contributed by atoms with Crippen molar-refractivity contribution in [2.24, 2.45) is 0 Å². The van der Waals surface area contributed by atoms with Gasteiger partial charge in [-0.05, 0) is 108 Å². The fourth-order valence-corrected chi connectivity index (χ4v) is 4.41. The van der Waals surface area contributed by atoms with Crippen molar-refractivity contribution < 1.29 is 15.0 Å². The van der Waals surface area contributed by atoms with Crippen LogP contribution >= 0.6 is 0 Å². The molecule has 0 atom stereocenters. The highest BCUT2D eigenvalue weighted by Gasteiger charge is 2.28. The minimum absolute atomic E-state index is 0.236. The number of phenolic OH excluding ortho intramolecular Hbond substituents is 1. The number of aryl methyl sites for hydroxylation is 2. The van der Waals surface area contributed by atoms with Crippen molar-refractivity contribution in [3.63, 3.8) is 0 Å². The zero-order valence-corrected chi connectivity index (χ0v) is 19.9. The van der Waals surface area contributed by atoms with Crippen LogP contribution in [0.25, 0.3) is 11.6 Å². The molecule has 4 heteroatoms. The van der Waals surface area contributed by atoms with Crippen LogP contribution in [0.3, 0.4) is 0 Å². The molecule has 4 N–H and O–H groups in total. The van der Waals surface area contributed by atoms with Crippen molar-refractivity contribution >= 4 is 23.3 Å². The Morgan fingerprint density at radius 3 is 2.24 bits per heavy atom. The van der Waals surface area contributed by atoms with E-state index in [0.29, 0.717) is 11.3 Å². The van der Waals surface area contributed by atoms with E-state index in [1.807, 2.05) is 12.1 Å². The standard InChI is InChI=1S/C23H26O2.C6H7NO/c1-15(12-17-7-9-18(10-8-17)22(24)25)20-14-21-19(13-16(20)2)6-5-11-23(21,3)4;7-5-1-3-6(8)4-2-5/h7-10,12-14H,5-6,11H2,1-4H3,(H,24,25);1-4,8H,7H2. The van der Waals surface area contributed by atoms with Gasteiger partial charge < -0.3 is 15.9 Å². The zero-order valence-electron chi connectivity index (χ0n) is 19.9. The number of benzene rings is 3. The van der Waals surface area contributed by atoms with E-state index in [1.54, 1.807) is 36.4 Å². The van der Waals surface area contributed by atoms with Gasteiger partial charge in [0.05, 0.1) is 5.56 Å². The first-order valence-corrected chi connectivity index (χ1v) is 11.3. The number of rotatable bonds is 3. The second kappa shape index (κ2) is 9.95. The van der Waals surface area contributed by atoms with Gasteiger partial charge in [0.25, 0.3) is 0 Å². The molecule has 0 spiro atoms. The average Bonchev–Trinajstić information content (AvgIpc) is 2.76. The molecule has 0 radical (unpaired) electrons. The fourth-order valence-electron chi connectivity index (χ4n) is 4.41. The number of nitrogens with two attached hydrogens (primary N) is 1. The van der Waals surface area contributed by atoms with Gasteiger partial charge in [-0.1, -0.05) is 44.2 Å². The molecule has 172 valence electrons. The Balaban J connectivity index is 0.000000323. The second-order valence-corrected chi connectivity index (χ2v) is 9.41. The highest BCUT2D eigenvalue weighted by Crippen LogP contribution is 2.39. The lowest BCUT2D eigenvalue weighted by molar-refractivity contribution is 0.0697. The Morgan fingerprint density at radius 2 is 1.67 bits per heavy atom. The third kappa shape index (κ3) is 6.04. The lowest BCUT2D eigenvalue weighted by Crippen LogP contribution is -2.24. The van der Waals surface area contributed by atoms with Gasteiger partial charge in [0.1, 0.15) is 5.75 Å². The van der Waals surface area contributed by atoms with Crippen molar-refractivity contribution in [3.8, 4) is 5.75 Å². The molecule has 0 fully saturated rings. The third-order valence-corrected chi connectivity index (χ3v) is 6.29. The summed E-state index contributed by atoms with van der Waals surface area (Å²) >= 11 is 0. The topological polar surface area (TPSA) is 83.5 Å². The molecule has 0 amide bonds.